The molecule has 0 aliphatic heterocycles. The minimum atomic E-state index is -4.16. The van der Waals surface area contributed by atoms with Crippen molar-refractivity contribution in [2.75, 3.05) is 0 Å². The Labute approximate surface area is 171 Å². The Bertz CT molecular complexity index is 836. The molecular weight excluding hydrogens is 373 g/mol. The Morgan fingerprint density at radius 3 is 2.48 bits per heavy atom. The first-order valence-corrected chi connectivity index (χ1v) is 9.86. The topological polar surface area (TPSA) is 24.9 Å². The van der Waals surface area contributed by atoms with Crippen molar-refractivity contribution in [3.05, 3.63) is 83.3 Å². The van der Waals surface area contributed by atoms with E-state index in [-0.39, 0.29) is 12.5 Å². The largest absolute Gasteiger partial charge is 0.389 e. The van der Waals surface area contributed by atoms with Gasteiger partial charge in [0, 0.05) is 30.1 Å². The van der Waals surface area contributed by atoms with Gasteiger partial charge in [0.1, 0.15) is 0 Å². The number of nitrogens with zero attached hydrogens (tertiary/aromatic N) is 1. The normalized spacial score (nSPS) is 13.2. The summed E-state index contributed by atoms with van der Waals surface area (Å²) in [4.78, 5) is 4.17. The van der Waals surface area contributed by atoms with Gasteiger partial charge in [0.2, 0.25) is 0 Å². The first kappa shape index (κ1) is 22.7. The molecule has 1 aromatic carbocycles. The molecule has 1 atom stereocenters. The number of halogens is 3. The van der Waals surface area contributed by atoms with E-state index in [4.69, 9.17) is 0 Å². The van der Waals surface area contributed by atoms with Gasteiger partial charge in [-0.3, -0.25) is 4.98 Å². The van der Waals surface area contributed by atoms with Crippen LogP contribution in [0.15, 0.2) is 60.9 Å². The third-order valence-corrected chi connectivity index (χ3v) is 4.97. The van der Waals surface area contributed by atoms with Gasteiger partial charge in [0.25, 0.3) is 0 Å². The van der Waals surface area contributed by atoms with Crippen LogP contribution in [0.5, 0.6) is 0 Å². The van der Waals surface area contributed by atoms with Gasteiger partial charge in [-0.15, -0.1) is 0 Å². The predicted molar refractivity (Wildman–Crippen MR) is 113 cm³/mol. The lowest BCUT2D eigenvalue weighted by atomic mass is 9.96. The molecule has 0 saturated heterocycles. The third-order valence-electron chi connectivity index (χ3n) is 4.97. The highest BCUT2D eigenvalue weighted by Gasteiger charge is 2.26. The Hall–Kier alpha value is -2.56. The summed E-state index contributed by atoms with van der Waals surface area (Å²) in [6.07, 6.45) is 0.368. The van der Waals surface area contributed by atoms with Gasteiger partial charge in [-0.05, 0) is 68.4 Å². The van der Waals surface area contributed by atoms with Crippen molar-refractivity contribution in [3.63, 3.8) is 0 Å². The van der Waals surface area contributed by atoms with E-state index in [9.17, 15) is 13.2 Å². The lowest BCUT2D eigenvalue weighted by Gasteiger charge is -2.19. The highest BCUT2D eigenvalue weighted by molar-refractivity contribution is 5.68. The van der Waals surface area contributed by atoms with Gasteiger partial charge >= 0.3 is 6.18 Å². The number of benzene rings is 1. The van der Waals surface area contributed by atoms with Crippen LogP contribution < -0.4 is 5.32 Å². The molecule has 0 aliphatic carbocycles. The van der Waals surface area contributed by atoms with Crippen LogP contribution in [0.4, 0.5) is 13.2 Å². The van der Waals surface area contributed by atoms with E-state index in [0.717, 1.165) is 24.1 Å². The summed E-state index contributed by atoms with van der Waals surface area (Å²) in [5, 5.41) is 3.38. The van der Waals surface area contributed by atoms with Gasteiger partial charge in [-0.1, -0.05) is 43.0 Å². The van der Waals surface area contributed by atoms with Crippen LogP contribution in [0.3, 0.4) is 0 Å². The quantitative estimate of drug-likeness (QED) is 0.492. The SMILES string of the molecule is C=C(CC/C(=C/C)c1ccccc1C)NC(C)c1ccc(CCC(F)(F)F)nc1. The molecule has 29 heavy (non-hydrogen) atoms. The van der Waals surface area contributed by atoms with Crippen molar-refractivity contribution in [1.29, 1.82) is 0 Å². The number of aryl methyl sites for hydroxylation is 2. The van der Waals surface area contributed by atoms with Crippen LogP contribution in [0, 0.1) is 6.92 Å². The average molecular weight is 403 g/mol. The second-order valence-corrected chi connectivity index (χ2v) is 7.30. The van der Waals surface area contributed by atoms with E-state index in [2.05, 4.69) is 42.0 Å². The number of hydrogen-bond acceptors (Lipinski definition) is 2. The molecule has 1 aromatic heterocycles. The van der Waals surface area contributed by atoms with Crippen LogP contribution in [-0.4, -0.2) is 11.2 Å². The van der Waals surface area contributed by atoms with E-state index in [1.807, 2.05) is 32.0 Å². The zero-order chi connectivity index (χ0) is 21.4. The molecule has 0 saturated carbocycles. The summed E-state index contributed by atoms with van der Waals surface area (Å²) >= 11 is 0. The molecule has 0 fully saturated rings. The first-order valence-electron chi connectivity index (χ1n) is 9.86. The molecule has 0 spiro atoms. The first-order chi connectivity index (χ1) is 13.7. The Kier molecular flexibility index (Phi) is 8.06. The molecule has 1 heterocycles. The zero-order valence-electron chi connectivity index (χ0n) is 17.3. The van der Waals surface area contributed by atoms with Crippen molar-refractivity contribution in [1.82, 2.24) is 10.3 Å². The maximum Gasteiger partial charge on any atom is 0.389 e. The molecule has 156 valence electrons. The Morgan fingerprint density at radius 2 is 1.90 bits per heavy atom. The van der Waals surface area contributed by atoms with Crippen molar-refractivity contribution in [2.45, 2.75) is 58.7 Å². The molecule has 0 amide bonds. The van der Waals surface area contributed by atoms with Crippen LogP contribution in [0.25, 0.3) is 5.57 Å². The van der Waals surface area contributed by atoms with Gasteiger partial charge < -0.3 is 5.32 Å². The summed E-state index contributed by atoms with van der Waals surface area (Å²) in [5.41, 5.74) is 6.10. The lowest BCUT2D eigenvalue weighted by Crippen LogP contribution is -2.18. The number of nitrogens with one attached hydrogen (secondary N) is 1. The van der Waals surface area contributed by atoms with E-state index in [0.29, 0.717) is 5.69 Å². The summed E-state index contributed by atoms with van der Waals surface area (Å²) in [6.45, 7) is 10.3. The number of allylic oxidation sites excluding steroid dienone is 3. The van der Waals surface area contributed by atoms with Crippen LogP contribution in [0.2, 0.25) is 0 Å². The minimum absolute atomic E-state index is 0.0146. The second kappa shape index (κ2) is 10.3. The third kappa shape index (κ3) is 7.41. The minimum Gasteiger partial charge on any atom is -0.382 e. The molecule has 5 heteroatoms. The van der Waals surface area contributed by atoms with Crippen molar-refractivity contribution < 1.29 is 13.2 Å². The zero-order valence-corrected chi connectivity index (χ0v) is 17.3. The average Bonchev–Trinajstić information content (AvgIpc) is 2.68. The Morgan fingerprint density at radius 1 is 1.17 bits per heavy atom. The number of alkyl halides is 3. The van der Waals surface area contributed by atoms with Gasteiger partial charge in [0.05, 0.1) is 0 Å². The molecule has 0 aliphatic rings. The predicted octanol–water partition coefficient (Wildman–Crippen LogP) is 6.93. The van der Waals surface area contributed by atoms with E-state index >= 15 is 0 Å². The van der Waals surface area contributed by atoms with Gasteiger partial charge in [-0.25, -0.2) is 0 Å². The molecule has 1 unspecified atom stereocenters. The number of pyridine rings is 1. The fourth-order valence-electron chi connectivity index (χ4n) is 3.22. The monoisotopic (exact) mass is 402 g/mol. The number of rotatable bonds is 9. The van der Waals surface area contributed by atoms with E-state index in [1.165, 1.54) is 16.7 Å². The second-order valence-electron chi connectivity index (χ2n) is 7.30. The van der Waals surface area contributed by atoms with E-state index < -0.39 is 12.6 Å². The number of hydrogen-bond donors (Lipinski definition) is 1. The summed E-state index contributed by atoms with van der Waals surface area (Å²) in [5.74, 6) is 0. The molecule has 2 aromatic rings. The highest BCUT2D eigenvalue weighted by Crippen LogP contribution is 2.25. The summed E-state index contributed by atoms with van der Waals surface area (Å²) in [7, 11) is 0. The highest BCUT2D eigenvalue weighted by atomic mass is 19.4. The van der Waals surface area contributed by atoms with Crippen molar-refractivity contribution in [3.8, 4) is 0 Å². The van der Waals surface area contributed by atoms with Crippen LogP contribution >= 0.6 is 0 Å². The van der Waals surface area contributed by atoms with Crippen LogP contribution in [0.1, 0.15) is 61.5 Å². The standard InChI is InChI=1S/C24H29F3N2/c1-5-20(23-9-7-6-8-17(23)2)11-10-18(3)29-19(4)21-12-13-22(28-16-21)14-15-24(25,26)27/h5-9,12-13,16,19,29H,3,10-11,14-15H2,1-2,4H3/b20-5-. The maximum atomic E-state index is 12.3. The number of aromatic nitrogens is 1. The van der Waals surface area contributed by atoms with Crippen molar-refractivity contribution >= 4 is 5.57 Å². The Balaban J connectivity index is 1.87. The molecule has 1 N–H and O–H groups in total. The molecule has 2 nitrogen and oxygen atoms in total. The summed E-state index contributed by atoms with van der Waals surface area (Å²) in [6, 6.07) is 11.8. The van der Waals surface area contributed by atoms with Crippen molar-refractivity contribution in [2.24, 2.45) is 0 Å². The summed E-state index contributed by atoms with van der Waals surface area (Å²) < 4.78 is 37.0. The molecule has 0 bridgehead atoms. The maximum absolute atomic E-state index is 12.3. The molecular formula is C24H29F3N2. The van der Waals surface area contributed by atoms with Gasteiger partial charge in [0.15, 0.2) is 0 Å². The lowest BCUT2D eigenvalue weighted by molar-refractivity contribution is -0.134. The molecule has 2 rings (SSSR count). The fourth-order valence-corrected chi connectivity index (χ4v) is 3.22. The van der Waals surface area contributed by atoms with Gasteiger partial charge in [-0.2, -0.15) is 13.2 Å². The van der Waals surface area contributed by atoms with E-state index in [1.54, 1.807) is 12.3 Å². The molecule has 0 radical (unpaired) electrons. The smallest absolute Gasteiger partial charge is 0.382 e. The fraction of sp³-hybridized carbons (Fsp3) is 0.375. The van der Waals surface area contributed by atoms with Crippen LogP contribution in [-0.2, 0) is 6.42 Å².